The second-order valence-corrected chi connectivity index (χ2v) is 4.67. The maximum Gasteiger partial charge on any atom is 0.336 e. The van der Waals surface area contributed by atoms with Gasteiger partial charge in [0, 0.05) is 16.4 Å². The molecule has 102 valence electrons. The van der Waals surface area contributed by atoms with Crippen molar-refractivity contribution in [3.8, 4) is 0 Å². The average molecular weight is 336 g/mol. The minimum Gasteiger partial charge on any atom is -0.478 e. The van der Waals surface area contributed by atoms with Crippen LogP contribution in [0.2, 0.25) is 0 Å². The Bertz CT molecular complexity index is 647. The number of nitrogens with one attached hydrogen (secondary N) is 2. The van der Waals surface area contributed by atoms with Crippen LogP contribution in [0.5, 0.6) is 0 Å². The number of rotatable bonds is 3. The molecule has 0 atom stereocenters. The number of nitrogens with zero attached hydrogens (tertiary/aromatic N) is 1. The summed E-state index contributed by atoms with van der Waals surface area (Å²) in [5, 5.41) is 14.1. The number of carbonyl (C=O) groups is 2. The fourth-order valence-corrected chi connectivity index (χ4v) is 1.91. The zero-order valence-electron chi connectivity index (χ0n) is 10.1. The predicted molar refractivity (Wildman–Crippen MR) is 78.0 cm³/mol. The Labute approximate surface area is 123 Å². The van der Waals surface area contributed by atoms with Crippen LogP contribution in [0.1, 0.15) is 10.4 Å². The highest BCUT2D eigenvalue weighted by Gasteiger charge is 2.10. The van der Waals surface area contributed by atoms with E-state index in [-0.39, 0.29) is 5.56 Å². The standard InChI is InChI=1S/C13H10BrN3O3/c14-11-4-3-8(6-10(11)12(18)19)16-13(20)17-9-2-1-5-15-7-9/h1-7H,(H,18,19)(H2,16,17,20). The molecule has 2 aromatic rings. The lowest BCUT2D eigenvalue weighted by molar-refractivity contribution is 0.0696. The van der Waals surface area contributed by atoms with E-state index in [0.717, 1.165) is 0 Å². The molecule has 6 nitrogen and oxygen atoms in total. The first-order valence-electron chi connectivity index (χ1n) is 5.57. The number of hydrogen-bond donors (Lipinski definition) is 3. The van der Waals surface area contributed by atoms with E-state index in [0.29, 0.717) is 15.8 Å². The van der Waals surface area contributed by atoms with Crippen LogP contribution in [0.15, 0.2) is 47.2 Å². The summed E-state index contributed by atoms with van der Waals surface area (Å²) in [6, 6.07) is 7.43. The lowest BCUT2D eigenvalue weighted by Gasteiger charge is -2.08. The van der Waals surface area contributed by atoms with Gasteiger partial charge in [-0.25, -0.2) is 9.59 Å². The summed E-state index contributed by atoms with van der Waals surface area (Å²) in [5.41, 5.74) is 0.997. The summed E-state index contributed by atoms with van der Waals surface area (Å²) in [6.45, 7) is 0. The number of carboxylic acids is 1. The molecule has 0 unspecified atom stereocenters. The molecule has 1 aromatic heterocycles. The minimum absolute atomic E-state index is 0.0733. The highest BCUT2D eigenvalue weighted by atomic mass is 79.9. The number of carboxylic acid groups (broad SMARTS) is 1. The Hall–Kier alpha value is -2.41. The molecule has 1 heterocycles. The molecule has 1 aromatic carbocycles. The van der Waals surface area contributed by atoms with Gasteiger partial charge in [-0.1, -0.05) is 0 Å². The lowest BCUT2D eigenvalue weighted by Crippen LogP contribution is -2.19. The van der Waals surface area contributed by atoms with Gasteiger partial charge >= 0.3 is 12.0 Å². The highest BCUT2D eigenvalue weighted by Crippen LogP contribution is 2.21. The minimum atomic E-state index is -1.08. The van der Waals surface area contributed by atoms with Crippen LogP contribution < -0.4 is 10.6 Å². The molecule has 0 saturated heterocycles. The third-order valence-corrected chi connectivity index (χ3v) is 3.07. The molecule has 0 fully saturated rings. The first kappa shape index (κ1) is 14.0. The molecular weight excluding hydrogens is 326 g/mol. The van der Waals surface area contributed by atoms with Crippen molar-refractivity contribution in [1.29, 1.82) is 0 Å². The maximum absolute atomic E-state index is 11.7. The summed E-state index contributed by atoms with van der Waals surface area (Å²) in [6.07, 6.45) is 3.10. The molecule has 20 heavy (non-hydrogen) atoms. The van der Waals surface area contributed by atoms with Gasteiger partial charge in [-0.3, -0.25) is 4.98 Å². The molecule has 0 spiro atoms. The van der Waals surface area contributed by atoms with E-state index in [4.69, 9.17) is 5.11 Å². The lowest BCUT2D eigenvalue weighted by atomic mass is 10.2. The van der Waals surface area contributed by atoms with E-state index in [9.17, 15) is 9.59 Å². The van der Waals surface area contributed by atoms with Crippen molar-refractivity contribution in [2.24, 2.45) is 0 Å². The molecule has 7 heteroatoms. The van der Waals surface area contributed by atoms with Crippen molar-refractivity contribution >= 4 is 39.3 Å². The van der Waals surface area contributed by atoms with E-state index in [2.05, 4.69) is 31.5 Å². The Morgan fingerprint density at radius 3 is 2.55 bits per heavy atom. The molecule has 2 amide bonds. The van der Waals surface area contributed by atoms with Gasteiger partial charge in [-0.05, 0) is 46.3 Å². The molecule has 3 N–H and O–H groups in total. The number of halogens is 1. The number of aromatic carboxylic acids is 1. The SMILES string of the molecule is O=C(Nc1cccnc1)Nc1ccc(Br)c(C(=O)O)c1. The second kappa shape index (κ2) is 6.16. The summed E-state index contributed by atoms with van der Waals surface area (Å²) < 4.78 is 0.447. The summed E-state index contributed by atoms with van der Waals surface area (Å²) in [7, 11) is 0. The first-order chi connectivity index (χ1) is 9.56. The van der Waals surface area contributed by atoms with Gasteiger partial charge in [-0.15, -0.1) is 0 Å². The van der Waals surface area contributed by atoms with Crippen molar-refractivity contribution in [3.63, 3.8) is 0 Å². The van der Waals surface area contributed by atoms with Gasteiger partial charge < -0.3 is 15.7 Å². The van der Waals surface area contributed by atoms with Gasteiger partial charge in [0.1, 0.15) is 0 Å². The number of benzene rings is 1. The normalized spacial score (nSPS) is 9.85. The molecule has 0 aliphatic heterocycles. The predicted octanol–water partition coefficient (Wildman–Crippen LogP) is 3.19. The van der Waals surface area contributed by atoms with Crippen molar-refractivity contribution in [2.45, 2.75) is 0 Å². The number of carbonyl (C=O) groups excluding carboxylic acids is 1. The van der Waals surface area contributed by atoms with Gasteiger partial charge in [0.25, 0.3) is 0 Å². The molecule has 2 rings (SSSR count). The molecule has 0 bridgehead atoms. The Morgan fingerprint density at radius 2 is 1.90 bits per heavy atom. The number of hydrogen-bond acceptors (Lipinski definition) is 3. The molecule has 0 saturated carbocycles. The van der Waals surface area contributed by atoms with Crippen LogP contribution in [-0.2, 0) is 0 Å². The van der Waals surface area contributed by atoms with Crippen LogP contribution in [0.3, 0.4) is 0 Å². The third-order valence-electron chi connectivity index (χ3n) is 2.37. The number of aromatic nitrogens is 1. The van der Waals surface area contributed by atoms with Gasteiger partial charge in [-0.2, -0.15) is 0 Å². The maximum atomic E-state index is 11.7. The van der Waals surface area contributed by atoms with Gasteiger partial charge in [0.2, 0.25) is 0 Å². The molecule has 0 aliphatic carbocycles. The van der Waals surface area contributed by atoms with Crippen LogP contribution >= 0.6 is 15.9 Å². The van der Waals surface area contributed by atoms with Crippen LogP contribution in [-0.4, -0.2) is 22.1 Å². The summed E-state index contributed by atoms with van der Waals surface area (Å²) in [4.78, 5) is 26.6. The number of anilines is 2. The third kappa shape index (κ3) is 3.55. The zero-order valence-corrected chi connectivity index (χ0v) is 11.7. The first-order valence-corrected chi connectivity index (χ1v) is 6.36. The van der Waals surface area contributed by atoms with Crippen molar-refractivity contribution in [1.82, 2.24) is 4.98 Å². The quantitative estimate of drug-likeness (QED) is 0.803. The van der Waals surface area contributed by atoms with Crippen molar-refractivity contribution < 1.29 is 14.7 Å². The van der Waals surface area contributed by atoms with E-state index < -0.39 is 12.0 Å². The van der Waals surface area contributed by atoms with E-state index in [1.54, 1.807) is 30.5 Å². The van der Waals surface area contributed by atoms with E-state index >= 15 is 0 Å². The molecule has 0 aliphatic rings. The van der Waals surface area contributed by atoms with Gasteiger partial charge in [0.05, 0.1) is 17.4 Å². The zero-order chi connectivity index (χ0) is 14.5. The topological polar surface area (TPSA) is 91.3 Å². The highest BCUT2D eigenvalue weighted by molar-refractivity contribution is 9.10. The number of pyridine rings is 1. The molecule has 0 radical (unpaired) electrons. The van der Waals surface area contributed by atoms with Crippen LogP contribution in [0, 0.1) is 0 Å². The van der Waals surface area contributed by atoms with Crippen molar-refractivity contribution in [2.75, 3.05) is 10.6 Å². The monoisotopic (exact) mass is 335 g/mol. The van der Waals surface area contributed by atoms with E-state index in [1.165, 1.54) is 12.3 Å². The van der Waals surface area contributed by atoms with E-state index in [1.807, 2.05) is 0 Å². The van der Waals surface area contributed by atoms with Crippen LogP contribution in [0.25, 0.3) is 0 Å². The fourth-order valence-electron chi connectivity index (χ4n) is 1.50. The Balaban J connectivity index is 2.08. The Kier molecular flexibility index (Phi) is 4.31. The number of amides is 2. The van der Waals surface area contributed by atoms with Gasteiger partial charge in [0.15, 0.2) is 0 Å². The smallest absolute Gasteiger partial charge is 0.336 e. The number of urea groups is 1. The summed E-state index contributed by atoms with van der Waals surface area (Å²) >= 11 is 3.13. The largest absolute Gasteiger partial charge is 0.478 e. The average Bonchev–Trinajstić information content (AvgIpc) is 2.41. The fraction of sp³-hybridized carbons (Fsp3) is 0. The Morgan fingerprint density at radius 1 is 1.15 bits per heavy atom. The summed E-state index contributed by atoms with van der Waals surface area (Å²) in [5.74, 6) is -1.08. The second-order valence-electron chi connectivity index (χ2n) is 3.82. The van der Waals surface area contributed by atoms with Crippen molar-refractivity contribution in [3.05, 3.63) is 52.8 Å². The van der Waals surface area contributed by atoms with Crippen LogP contribution in [0.4, 0.5) is 16.2 Å². The molecular formula is C13H10BrN3O3.